The molecule has 76 valence electrons. The zero-order chi connectivity index (χ0) is 10.7. The number of halogens is 1. The largest absolute Gasteiger partial charge is 0.455 e. The van der Waals surface area contributed by atoms with E-state index in [0.717, 1.165) is 0 Å². The first kappa shape index (κ1) is 9.52. The third kappa shape index (κ3) is 2.26. The molecular weight excluding hydrogens is 193 g/mol. The van der Waals surface area contributed by atoms with Crippen molar-refractivity contribution in [1.29, 1.82) is 0 Å². The first-order valence-corrected chi connectivity index (χ1v) is 4.53. The number of hydrogen-bond donors (Lipinski definition) is 1. The van der Waals surface area contributed by atoms with Gasteiger partial charge in [-0.1, -0.05) is 18.2 Å². The molecule has 0 saturated carbocycles. The molecule has 0 atom stereocenters. The summed E-state index contributed by atoms with van der Waals surface area (Å²) in [6.07, 6.45) is 0. The Hall–Kier alpha value is -2.03. The minimum Gasteiger partial charge on any atom is -0.455 e. The third-order valence-corrected chi connectivity index (χ3v) is 1.95. The highest BCUT2D eigenvalue weighted by Gasteiger charge is 2.03. The van der Waals surface area contributed by atoms with Gasteiger partial charge in [-0.05, 0) is 24.3 Å². The second kappa shape index (κ2) is 4.00. The maximum Gasteiger partial charge on any atom is 0.153 e. The molecule has 2 aromatic rings. The Balaban J connectivity index is 2.28. The average molecular weight is 203 g/mol. The van der Waals surface area contributed by atoms with E-state index < -0.39 is 0 Å². The first-order chi connectivity index (χ1) is 7.25. The van der Waals surface area contributed by atoms with Gasteiger partial charge in [0.2, 0.25) is 0 Å². The fraction of sp³-hybridized carbons (Fsp3) is 0. The van der Waals surface area contributed by atoms with Crippen molar-refractivity contribution in [3.05, 3.63) is 54.3 Å². The van der Waals surface area contributed by atoms with E-state index >= 15 is 0 Å². The molecule has 0 aliphatic carbocycles. The highest BCUT2D eigenvalue weighted by molar-refractivity contribution is 5.53. The van der Waals surface area contributed by atoms with Crippen molar-refractivity contribution in [2.75, 3.05) is 5.73 Å². The molecule has 0 spiro atoms. The maximum atomic E-state index is 12.9. The van der Waals surface area contributed by atoms with Gasteiger partial charge in [-0.25, -0.2) is 4.39 Å². The Morgan fingerprint density at radius 1 is 1.00 bits per heavy atom. The summed E-state index contributed by atoms with van der Waals surface area (Å²) in [5.74, 6) is 0.603. The summed E-state index contributed by atoms with van der Waals surface area (Å²) in [6, 6.07) is 13.2. The van der Waals surface area contributed by atoms with Crippen molar-refractivity contribution < 1.29 is 9.13 Å². The van der Waals surface area contributed by atoms with Crippen LogP contribution in [0.15, 0.2) is 48.5 Å². The lowest BCUT2D eigenvalue weighted by atomic mass is 10.3. The summed E-state index contributed by atoms with van der Waals surface area (Å²) in [7, 11) is 0. The van der Waals surface area contributed by atoms with Gasteiger partial charge >= 0.3 is 0 Å². The normalized spacial score (nSPS) is 9.93. The van der Waals surface area contributed by atoms with Gasteiger partial charge in [0, 0.05) is 6.07 Å². The molecule has 0 fully saturated rings. The summed E-state index contributed by atoms with van der Waals surface area (Å²) in [4.78, 5) is 0. The third-order valence-electron chi connectivity index (χ3n) is 1.95. The van der Waals surface area contributed by atoms with E-state index in [1.54, 1.807) is 12.1 Å². The highest BCUT2D eigenvalue weighted by Crippen LogP contribution is 2.27. The Morgan fingerprint density at radius 3 is 2.47 bits per heavy atom. The molecule has 15 heavy (non-hydrogen) atoms. The Kier molecular flexibility index (Phi) is 2.54. The molecule has 0 amide bonds. The molecule has 3 heteroatoms. The van der Waals surface area contributed by atoms with Crippen molar-refractivity contribution in [2.24, 2.45) is 0 Å². The molecule has 2 rings (SSSR count). The lowest BCUT2D eigenvalue weighted by Gasteiger charge is -2.07. The standard InChI is InChI=1S/C12H10FNO/c13-9-6-7-11(14)12(8-9)15-10-4-2-1-3-5-10/h1-8H,14H2. The number of benzene rings is 2. The van der Waals surface area contributed by atoms with Crippen LogP contribution in [0, 0.1) is 5.82 Å². The highest BCUT2D eigenvalue weighted by atomic mass is 19.1. The van der Waals surface area contributed by atoms with Crippen molar-refractivity contribution in [1.82, 2.24) is 0 Å². The lowest BCUT2D eigenvalue weighted by Crippen LogP contribution is -1.92. The smallest absolute Gasteiger partial charge is 0.153 e. The van der Waals surface area contributed by atoms with Crippen LogP contribution in [-0.4, -0.2) is 0 Å². The quantitative estimate of drug-likeness (QED) is 0.760. The first-order valence-electron chi connectivity index (χ1n) is 4.53. The molecule has 0 aliphatic rings. The van der Waals surface area contributed by atoms with Gasteiger partial charge < -0.3 is 10.5 Å². The van der Waals surface area contributed by atoms with Gasteiger partial charge in [-0.3, -0.25) is 0 Å². The maximum absolute atomic E-state index is 12.9. The minimum atomic E-state index is -0.366. The molecule has 0 aromatic heterocycles. The van der Waals surface area contributed by atoms with Crippen LogP contribution in [0.4, 0.5) is 10.1 Å². The van der Waals surface area contributed by atoms with Crippen LogP contribution in [0.25, 0.3) is 0 Å². The van der Waals surface area contributed by atoms with Crippen molar-refractivity contribution in [3.63, 3.8) is 0 Å². The molecule has 2 nitrogen and oxygen atoms in total. The zero-order valence-electron chi connectivity index (χ0n) is 7.98. The molecule has 0 unspecified atom stereocenters. The molecule has 0 aliphatic heterocycles. The fourth-order valence-corrected chi connectivity index (χ4v) is 1.21. The number of anilines is 1. The molecular formula is C12H10FNO. The monoisotopic (exact) mass is 203 g/mol. The van der Waals surface area contributed by atoms with Gasteiger partial charge in [0.25, 0.3) is 0 Å². The van der Waals surface area contributed by atoms with Crippen molar-refractivity contribution in [2.45, 2.75) is 0 Å². The summed E-state index contributed by atoms with van der Waals surface area (Å²) >= 11 is 0. The van der Waals surface area contributed by atoms with Crippen LogP contribution in [0.1, 0.15) is 0 Å². The number of nitrogen functional groups attached to an aromatic ring is 1. The number of hydrogen-bond acceptors (Lipinski definition) is 2. The zero-order valence-corrected chi connectivity index (χ0v) is 7.98. The predicted octanol–water partition coefficient (Wildman–Crippen LogP) is 3.20. The van der Waals surface area contributed by atoms with E-state index in [0.29, 0.717) is 17.2 Å². The fourth-order valence-electron chi connectivity index (χ4n) is 1.21. The second-order valence-electron chi connectivity index (χ2n) is 3.10. The number of rotatable bonds is 2. The number of nitrogens with two attached hydrogens (primary N) is 1. The molecule has 0 saturated heterocycles. The van der Waals surface area contributed by atoms with Crippen LogP contribution in [-0.2, 0) is 0 Å². The van der Waals surface area contributed by atoms with Gasteiger partial charge in [-0.15, -0.1) is 0 Å². The second-order valence-corrected chi connectivity index (χ2v) is 3.10. The molecule has 0 bridgehead atoms. The summed E-state index contributed by atoms with van der Waals surface area (Å²) in [5.41, 5.74) is 6.06. The molecule has 0 heterocycles. The van der Waals surface area contributed by atoms with Crippen LogP contribution >= 0.6 is 0 Å². The van der Waals surface area contributed by atoms with E-state index in [2.05, 4.69) is 0 Å². The van der Waals surface area contributed by atoms with Gasteiger partial charge in [0.15, 0.2) is 5.75 Å². The Bertz CT molecular complexity index is 456. The predicted molar refractivity (Wildman–Crippen MR) is 57.3 cm³/mol. The van der Waals surface area contributed by atoms with Crippen LogP contribution in [0.5, 0.6) is 11.5 Å². The number of para-hydroxylation sites is 1. The minimum absolute atomic E-state index is 0.334. The SMILES string of the molecule is Nc1ccc(F)cc1Oc1ccccc1. The van der Waals surface area contributed by atoms with Crippen LogP contribution in [0.3, 0.4) is 0 Å². The van der Waals surface area contributed by atoms with Gasteiger partial charge in [-0.2, -0.15) is 0 Å². The van der Waals surface area contributed by atoms with E-state index in [9.17, 15) is 4.39 Å². The average Bonchev–Trinajstić information content (AvgIpc) is 2.25. The van der Waals surface area contributed by atoms with Crippen molar-refractivity contribution >= 4 is 5.69 Å². The topological polar surface area (TPSA) is 35.2 Å². The summed E-state index contributed by atoms with van der Waals surface area (Å²) in [6.45, 7) is 0. The lowest BCUT2D eigenvalue weighted by molar-refractivity contribution is 0.479. The van der Waals surface area contributed by atoms with Gasteiger partial charge in [0.05, 0.1) is 5.69 Å². The summed E-state index contributed by atoms with van der Waals surface area (Å²) in [5, 5.41) is 0. The molecule has 0 radical (unpaired) electrons. The Labute approximate surface area is 87.1 Å². The van der Waals surface area contributed by atoms with E-state index in [4.69, 9.17) is 10.5 Å². The van der Waals surface area contributed by atoms with Crippen LogP contribution in [0.2, 0.25) is 0 Å². The summed E-state index contributed by atoms with van der Waals surface area (Å²) < 4.78 is 18.3. The Morgan fingerprint density at radius 2 is 1.73 bits per heavy atom. The molecule has 2 aromatic carbocycles. The van der Waals surface area contributed by atoms with E-state index in [1.165, 1.54) is 18.2 Å². The van der Waals surface area contributed by atoms with Crippen LogP contribution < -0.4 is 10.5 Å². The number of ether oxygens (including phenoxy) is 1. The van der Waals surface area contributed by atoms with E-state index in [-0.39, 0.29) is 5.82 Å². The van der Waals surface area contributed by atoms with E-state index in [1.807, 2.05) is 18.2 Å². The van der Waals surface area contributed by atoms with Gasteiger partial charge in [0.1, 0.15) is 11.6 Å². The van der Waals surface area contributed by atoms with Crippen molar-refractivity contribution in [3.8, 4) is 11.5 Å². The molecule has 2 N–H and O–H groups in total.